The van der Waals surface area contributed by atoms with E-state index in [0.717, 1.165) is 12.8 Å². The molecule has 0 spiro atoms. The van der Waals surface area contributed by atoms with E-state index >= 15 is 0 Å². The van der Waals surface area contributed by atoms with Crippen molar-refractivity contribution in [3.8, 4) is 0 Å². The molecule has 3 aromatic rings. The van der Waals surface area contributed by atoms with Crippen LogP contribution in [-0.4, -0.2) is 44.7 Å². The first-order valence-corrected chi connectivity index (χ1v) is 11.2. The number of nitrogen functional groups attached to an aromatic ring is 1. The van der Waals surface area contributed by atoms with Crippen molar-refractivity contribution in [3.63, 3.8) is 0 Å². The monoisotopic (exact) mass is 448 g/mol. The second-order valence-electron chi connectivity index (χ2n) is 6.72. The summed E-state index contributed by atoms with van der Waals surface area (Å²) in [7, 11) is 0. The lowest BCUT2D eigenvalue weighted by Gasteiger charge is -2.15. The third-order valence-corrected chi connectivity index (χ3v) is 6.51. The van der Waals surface area contributed by atoms with Gasteiger partial charge in [0.2, 0.25) is 16.8 Å². The summed E-state index contributed by atoms with van der Waals surface area (Å²) in [5.41, 5.74) is 6.59. The fraction of sp³-hybridized carbons (Fsp3) is 0.444. The molecule has 12 heteroatoms. The first-order chi connectivity index (χ1) is 14.4. The summed E-state index contributed by atoms with van der Waals surface area (Å²) < 4.78 is 11.4. The maximum atomic E-state index is 12.2. The number of hydrogen-bond donors (Lipinski definition) is 1. The van der Waals surface area contributed by atoms with E-state index in [4.69, 9.17) is 14.9 Å². The fourth-order valence-electron chi connectivity index (χ4n) is 3.06. The van der Waals surface area contributed by atoms with Crippen LogP contribution in [0.1, 0.15) is 48.6 Å². The third-order valence-electron chi connectivity index (χ3n) is 4.46. The molecule has 158 valence electrons. The first-order valence-electron chi connectivity index (χ1n) is 9.37. The number of furan rings is 1. The van der Waals surface area contributed by atoms with E-state index in [1.165, 1.54) is 30.0 Å². The van der Waals surface area contributed by atoms with Crippen molar-refractivity contribution < 1.29 is 18.7 Å². The van der Waals surface area contributed by atoms with Crippen LogP contribution in [0.3, 0.4) is 0 Å². The fourth-order valence-corrected chi connectivity index (χ4v) is 4.87. The number of nitrogens with zero attached hydrogens (tertiary/aromatic N) is 5. The van der Waals surface area contributed by atoms with Crippen LogP contribution in [0.5, 0.6) is 0 Å². The summed E-state index contributed by atoms with van der Waals surface area (Å²) in [6.07, 6.45) is 1.98. The van der Waals surface area contributed by atoms with Gasteiger partial charge in [-0.2, -0.15) is 4.98 Å². The topological polar surface area (TPSA) is 137 Å². The van der Waals surface area contributed by atoms with Gasteiger partial charge in [-0.25, -0.2) is 9.78 Å². The number of thioether (sulfide) groups is 1. The van der Waals surface area contributed by atoms with Gasteiger partial charge in [-0.05, 0) is 26.7 Å². The van der Waals surface area contributed by atoms with Crippen LogP contribution in [0.25, 0.3) is 11.1 Å². The van der Waals surface area contributed by atoms with E-state index in [1.54, 1.807) is 18.7 Å². The van der Waals surface area contributed by atoms with Crippen LogP contribution in [-0.2, 0) is 15.3 Å². The predicted molar refractivity (Wildman–Crippen MR) is 113 cm³/mol. The van der Waals surface area contributed by atoms with Gasteiger partial charge >= 0.3 is 5.97 Å². The summed E-state index contributed by atoms with van der Waals surface area (Å²) in [4.78, 5) is 34.5. The number of fused-ring (bicyclic) bond motifs is 1. The van der Waals surface area contributed by atoms with Gasteiger partial charge in [-0.3, -0.25) is 9.69 Å². The Hall–Kier alpha value is -2.73. The van der Waals surface area contributed by atoms with Gasteiger partial charge in [0, 0.05) is 13.0 Å². The Labute approximate surface area is 180 Å². The molecule has 0 unspecified atom stereocenters. The lowest BCUT2D eigenvalue weighted by Crippen LogP contribution is -2.30. The number of carbonyl (C=O) groups is 2. The summed E-state index contributed by atoms with van der Waals surface area (Å²) in [6.45, 7) is 5.16. The molecule has 10 nitrogen and oxygen atoms in total. The number of anilines is 2. The molecule has 1 amide bonds. The van der Waals surface area contributed by atoms with E-state index in [2.05, 4.69) is 20.2 Å². The Balaban J connectivity index is 1.52. The van der Waals surface area contributed by atoms with Crippen LogP contribution in [0, 0.1) is 6.92 Å². The molecular weight excluding hydrogens is 428 g/mol. The van der Waals surface area contributed by atoms with Gasteiger partial charge in [0.25, 0.3) is 0 Å². The van der Waals surface area contributed by atoms with E-state index < -0.39 is 5.97 Å². The van der Waals surface area contributed by atoms with Crippen molar-refractivity contribution in [3.05, 3.63) is 17.1 Å². The number of carbonyl (C=O) groups excluding carboxylic acids is 2. The molecule has 3 aromatic heterocycles. The van der Waals surface area contributed by atoms with Gasteiger partial charge in [0.1, 0.15) is 23.0 Å². The molecule has 0 aromatic carbocycles. The van der Waals surface area contributed by atoms with Crippen molar-refractivity contribution in [2.45, 2.75) is 49.7 Å². The molecular formula is C18H20N6O4S2. The van der Waals surface area contributed by atoms with Crippen molar-refractivity contribution in [2.75, 3.05) is 17.2 Å². The minimum absolute atomic E-state index is 0.0302. The number of ether oxygens (including phenoxy) is 1. The molecule has 1 fully saturated rings. The highest BCUT2D eigenvalue weighted by molar-refractivity contribution is 8.00. The van der Waals surface area contributed by atoms with Crippen LogP contribution in [0.4, 0.5) is 10.9 Å². The minimum atomic E-state index is -0.516. The molecule has 1 aliphatic rings. The number of aryl methyl sites for hydroxylation is 1. The van der Waals surface area contributed by atoms with Gasteiger partial charge in [0.05, 0.1) is 17.7 Å². The number of aromatic nitrogens is 4. The van der Waals surface area contributed by atoms with Crippen LogP contribution in [0.15, 0.2) is 8.76 Å². The molecule has 1 saturated carbocycles. The smallest absolute Gasteiger partial charge is 0.342 e. The molecule has 0 atom stereocenters. The molecule has 0 aliphatic heterocycles. The Morgan fingerprint density at radius 3 is 2.77 bits per heavy atom. The van der Waals surface area contributed by atoms with E-state index in [-0.39, 0.29) is 35.7 Å². The quantitative estimate of drug-likeness (QED) is 0.326. The first kappa shape index (κ1) is 20.5. The lowest BCUT2D eigenvalue weighted by molar-refractivity contribution is -0.116. The van der Waals surface area contributed by atoms with Gasteiger partial charge < -0.3 is 14.9 Å². The summed E-state index contributed by atoms with van der Waals surface area (Å²) in [5.74, 6) is 0.816. The summed E-state index contributed by atoms with van der Waals surface area (Å²) in [6, 6.07) is 0.231. The van der Waals surface area contributed by atoms with Gasteiger partial charge in [-0.15, -0.1) is 10.2 Å². The highest BCUT2D eigenvalue weighted by Gasteiger charge is 2.34. The maximum Gasteiger partial charge on any atom is 0.342 e. The Kier molecular flexibility index (Phi) is 5.60. The zero-order valence-corrected chi connectivity index (χ0v) is 18.3. The van der Waals surface area contributed by atoms with Gasteiger partial charge in [-0.1, -0.05) is 23.1 Å². The Morgan fingerprint density at radius 2 is 2.10 bits per heavy atom. The van der Waals surface area contributed by atoms with Crippen molar-refractivity contribution in [1.29, 1.82) is 0 Å². The molecule has 1 aliphatic carbocycles. The minimum Gasteiger partial charge on any atom is -0.462 e. The van der Waals surface area contributed by atoms with Crippen LogP contribution in [0.2, 0.25) is 0 Å². The highest BCUT2D eigenvalue weighted by Crippen LogP contribution is 2.36. The summed E-state index contributed by atoms with van der Waals surface area (Å²) >= 11 is 2.75. The zero-order chi connectivity index (χ0) is 21.4. The number of rotatable bonds is 7. The van der Waals surface area contributed by atoms with E-state index in [1.807, 2.05) is 0 Å². The SMILES string of the molecule is CCOC(=O)c1c(C)oc2nc(CSc3nnc(N(C(C)=O)C4CC4)s3)nc(N)c12. The van der Waals surface area contributed by atoms with E-state index in [9.17, 15) is 9.59 Å². The third kappa shape index (κ3) is 3.97. The highest BCUT2D eigenvalue weighted by atomic mass is 32.2. The lowest BCUT2D eigenvalue weighted by atomic mass is 10.2. The maximum absolute atomic E-state index is 12.2. The molecule has 0 saturated heterocycles. The van der Waals surface area contributed by atoms with Crippen LogP contribution >= 0.6 is 23.1 Å². The zero-order valence-electron chi connectivity index (χ0n) is 16.7. The molecule has 4 rings (SSSR count). The molecule has 0 bridgehead atoms. The van der Waals surface area contributed by atoms with E-state index in [0.29, 0.717) is 32.2 Å². The Bertz CT molecular complexity index is 1120. The van der Waals surface area contributed by atoms with Gasteiger partial charge in [0.15, 0.2) is 4.34 Å². The second kappa shape index (κ2) is 8.19. The largest absolute Gasteiger partial charge is 0.462 e. The average Bonchev–Trinajstić information content (AvgIpc) is 3.28. The molecule has 2 N–H and O–H groups in total. The number of nitrogens with two attached hydrogens (primary N) is 1. The Morgan fingerprint density at radius 1 is 1.33 bits per heavy atom. The number of amides is 1. The molecule has 3 heterocycles. The van der Waals surface area contributed by atoms with Crippen molar-refractivity contribution >= 4 is 57.0 Å². The molecule has 30 heavy (non-hydrogen) atoms. The standard InChI is InChI=1S/C18H20N6O4S2/c1-4-27-16(26)12-8(2)28-15-13(12)14(19)20-11(21-15)7-29-18-23-22-17(30-18)24(9(3)25)10-5-6-10/h10H,4-7H2,1-3H3,(H2,19,20,21). The molecule has 0 radical (unpaired) electrons. The normalized spacial score (nSPS) is 13.6. The van der Waals surface area contributed by atoms with Crippen LogP contribution < -0.4 is 10.6 Å². The second-order valence-corrected chi connectivity index (χ2v) is 8.90. The summed E-state index contributed by atoms with van der Waals surface area (Å²) in [5, 5.41) is 9.27. The number of esters is 1. The average molecular weight is 449 g/mol. The van der Waals surface area contributed by atoms with Crippen molar-refractivity contribution in [1.82, 2.24) is 20.2 Å². The van der Waals surface area contributed by atoms with Crippen molar-refractivity contribution in [2.24, 2.45) is 0 Å². The predicted octanol–water partition coefficient (Wildman–Crippen LogP) is 2.95. The number of hydrogen-bond acceptors (Lipinski definition) is 11.